The molecule has 0 spiro atoms. The maximum atomic E-state index is 12.1. The fourth-order valence-corrected chi connectivity index (χ4v) is 2.56. The maximum Gasteiger partial charge on any atom is 0.229 e. The molecular weight excluding hydrogens is 316 g/mol. The van der Waals surface area contributed by atoms with Crippen molar-refractivity contribution < 1.29 is 17.9 Å². The topological polar surface area (TPSA) is 84.5 Å². The summed E-state index contributed by atoms with van der Waals surface area (Å²) in [6.07, 6.45) is 1.29. The van der Waals surface area contributed by atoms with Crippen LogP contribution >= 0.6 is 0 Å². The van der Waals surface area contributed by atoms with Crippen molar-refractivity contribution >= 4 is 27.3 Å². The number of ether oxygens (including phenoxy) is 1. The van der Waals surface area contributed by atoms with Crippen molar-refractivity contribution in [3.8, 4) is 5.75 Å². The standard InChI is InChI=1S/C16H18N2O4S/c1-22-15-8-6-12(7-9-15)10-16(19)17-13-4-3-5-14(11-13)18-23(2,20)21/h3-9,11,18H,10H2,1-2H3,(H,17,19). The van der Waals surface area contributed by atoms with Gasteiger partial charge in [-0.2, -0.15) is 0 Å². The normalized spacial score (nSPS) is 10.9. The lowest BCUT2D eigenvalue weighted by Crippen LogP contribution is -2.15. The number of methoxy groups -OCH3 is 1. The molecule has 23 heavy (non-hydrogen) atoms. The molecule has 0 atom stereocenters. The number of hydrogen-bond donors (Lipinski definition) is 2. The van der Waals surface area contributed by atoms with E-state index in [4.69, 9.17) is 4.74 Å². The second-order valence-electron chi connectivity index (χ2n) is 5.03. The van der Waals surface area contributed by atoms with Crippen molar-refractivity contribution in [2.24, 2.45) is 0 Å². The number of sulfonamides is 1. The van der Waals surface area contributed by atoms with Crippen molar-refractivity contribution in [3.63, 3.8) is 0 Å². The summed E-state index contributed by atoms with van der Waals surface area (Å²) in [5.74, 6) is 0.542. The van der Waals surface area contributed by atoms with Crippen LogP contribution in [0.15, 0.2) is 48.5 Å². The Kier molecular flexibility index (Phi) is 5.23. The molecule has 0 fully saturated rings. The molecule has 1 amide bonds. The number of nitrogens with one attached hydrogen (secondary N) is 2. The van der Waals surface area contributed by atoms with E-state index in [9.17, 15) is 13.2 Å². The van der Waals surface area contributed by atoms with E-state index in [1.807, 2.05) is 12.1 Å². The van der Waals surface area contributed by atoms with Crippen molar-refractivity contribution in [3.05, 3.63) is 54.1 Å². The van der Waals surface area contributed by atoms with Gasteiger partial charge in [0.2, 0.25) is 15.9 Å². The first-order valence-electron chi connectivity index (χ1n) is 6.86. The zero-order chi connectivity index (χ0) is 16.9. The summed E-state index contributed by atoms with van der Waals surface area (Å²) in [5.41, 5.74) is 1.78. The van der Waals surface area contributed by atoms with Crippen molar-refractivity contribution in [2.45, 2.75) is 6.42 Å². The van der Waals surface area contributed by atoms with Crippen LogP contribution in [0.3, 0.4) is 0 Å². The highest BCUT2D eigenvalue weighted by Gasteiger charge is 2.06. The van der Waals surface area contributed by atoms with Gasteiger partial charge in [-0.3, -0.25) is 9.52 Å². The summed E-state index contributed by atoms with van der Waals surface area (Å²) < 4.78 is 29.9. The molecule has 2 rings (SSSR count). The Morgan fingerprint density at radius 1 is 1.09 bits per heavy atom. The second-order valence-corrected chi connectivity index (χ2v) is 6.78. The van der Waals surface area contributed by atoms with Crippen LogP contribution in [0.25, 0.3) is 0 Å². The molecule has 6 nitrogen and oxygen atoms in total. The van der Waals surface area contributed by atoms with E-state index in [1.54, 1.807) is 43.5 Å². The molecule has 2 aromatic rings. The Balaban J connectivity index is 2.00. The third kappa shape index (κ3) is 5.63. The molecule has 0 saturated carbocycles. The van der Waals surface area contributed by atoms with E-state index in [-0.39, 0.29) is 12.3 Å². The van der Waals surface area contributed by atoms with E-state index in [2.05, 4.69) is 10.0 Å². The number of carbonyl (C=O) groups is 1. The molecule has 0 saturated heterocycles. The molecule has 0 bridgehead atoms. The predicted octanol–water partition coefficient (Wildman–Crippen LogP) is 2.25. The van der Waals surface area contributed by atoms with Crippen LogP contribution in [0.4, 0.5) is 11.4 Å². The minimum absolute atomic E-state index is 0.188. The van der Waals surface area contributed by atoms with Gasteiger partial charge in [0.15, 0.2) is 0 Å². The van der Waals surface area contributed by atoms with Crippen LogP contribution in [0.5, 0.6) is 5.75 Å². The molecule has 7 heteroatoms. The maximum absolute atomic E-state index is 12.1. The molecular formula is C16H18N2O4S. The summed E-state index contributed by atoms with van der Waals surface area (Å²) in [7, 11) is -1.77. The van der Waals surface area contributed by atoms with Crippen LogP contribution in [0.2, 0.25) is 0 Å². The lowest BCUT2D eigenvalue weighted by molar-refractivity contribution is -0.115. The van der Waals surface area contributed by atoms with Crippen LogP contribution in [0.1, 0.15) is 5.56 Å². The van der Waals surface area contributed by atoms with Crippen molar-refractivity contribution in [1.29, 1.82) is 0 Å². The number of amides is 1. The number of anilines is 2. The van der Waals surface area contributed by atoms with Gasteiger partial charge in [0.25, 0.3) is 0 Å². The third-order valence-corrected chi connectivity index (χ3v) is 3.58. The molecule has 0 aliphatic heterocycles. The molecule has 0 heterocycles. The van der Waals surface area contributed by atoms with Crippen LogP contribution < -0.4 is 14.8 Å². The number of rotatable bonds is 6. The predicted molar refractivity (Wildman–Crippen MR) is 90.2 cm³/mol. The van der Waals surface area contributed by atoms with E-state index in [0.29, 0.717) is 11.4 Å². The van der Waals surface area contributed by atoms with Crippen molar-refractivity contribution in [2.75, 3.05) is 23.4 Å². The van der Waals surface area contributed by atoms with Gasteiger partial charge in [-0.1, -0.05) is 18.2 Å². The SMILES string of the molecule is COc1ccc(CC(=O)Nc2cccc(NS(C)(=O)=O)c2)cc1. The lowest BCUT2D eigenvalue weighted by Gasteiger charge is -2.09. The first kappa shape index (κ1) is 16.8. The fraction of sp³-hybridized carbons (Fsp3) is 0.188. The van der Waals surface area contributed by atoms with Gasteiger partial charge in [0, 0.05) is 5.69 Å². The van der Waals surface area contributed by atoms with Gasteiger partial charge in [0.1, 0.15) is 5.75 Å². The minimum atomic E-state index is -3.35. The lowest BCUT2D eigenvalue weighted by atomic mass is 10.1. The number of carbonyl (C=O) groups excluding carboxylic acids is 1. The highest BCUT2D eigenvalue weighted by Crippen LogP contribution is 2.17. The monoisotopic (exact) mass is 334 g/mol. The van der Waals surface area contributed by atoms with E-state index >= 15 is 0 Å². The molecule has 0 aliphatic carbocycles. The average molecular weight is 334 g/mol. The van der Waals surface area contributed by atoms with E-state index in [0.717, 1.165) is 17.6 Å². The summed E-state index contributed by atoms with van der Waals surface area (Å²) in [6.45, 7) is 0. The molecule has 0 radical (unpaired) electrons. The van der Waals surface area contributed by atoms with Gasteiger partial charge in [-0.25, -0.2) is 8.42 Å². The summed E-state index contributed by atoms with van der Waals surface area (Å²) in [5, 5.41) is 2.74. The first-order chi connectivity index (χ1) is 10.9. The molecule has 122 valence electrons. The highest BCUT2D eigenvalue weighted by molar-refractivity contribution is 7.92. The number of benzene rings is 2. The number of hydrogen-bond acceptors (Lipinski definition) is 4. The Labute approximate surface area is 135 Å². The average Bonchev–Trinajstić information content (AvgIpc) is 2.46. The zero-order valence-electron chi connectivity index (χ0n) is 12.9. The van der Waals surface area contributed by atoms with Gasteiger partial charge < -0.3 is 10.1 Å². The fourth-order valence-electron chi connectivity index (χ4n) is 2.01. The Hall–Kier alpha value is -2.54. The van der Waals surface area contributed by atoms with E-state index in [1.165, 1.54) is 0 Å². The van der Waals surface area contributed by atoms with Gasteiger partial charge >= 0.3 is 0 Å². The smallest absolute Gasteiger partial charge is 0.229 e. The second kappa shape index (κ2) is 7.15. The summed E-state index contributed by atoms with van der Waals surface area (Å²) in [6, 6.07) is 13.8. The highest BCUT2D eigenvalue weighted by atomic mass is 32.2. The minimum Gasteiger partial charge on any atom is -0.497 e. The largest absolute Gasteiger partial charge is 0.497 e. The molecule has 0 aromatic heterocycles. The van der Waals surface area contributed by atoms with Gasteiger partial charge in [-0.15, -0.1) is 0 Å². The quantitative estimate of drug-likeness (QED) is 0.848. The van der Waals surface area contributed by atoms with E-state index < -0.39 is 10.0 Å². The van der Waals surface area contributed by atoms with Crippen LogP contribution in [-0.2, 0) is 21.2 Å². The zero-order valence-corrected chi connectivity index (χ0v) is 13.7. The molecule has 2 aromatic carbocycles. The van der Waals surface area contributed by atoms with Crippen LogP contribution in [-0.4, -0.2) is 27.7 Å². The Bertz CT molecular complexity index is 786. The molecule has 0 unspecified atom stereocenters. The van der Waals surface area contributed by atoms with Crippen LogP contribution in [0, 0.1) is 0 Å². The summed E-state index contributed by atoms with van der Waals surface area (Å²) >= 11 is 0. The van der Waals surface area contributed by atoms with Gasteiger partial charge in [0.05, 0.1) is 25.5 Å². The first-order valence-corrected chi connectivity index (χ1v) is 8.75. The Morgan fingerprint density at radius 2 is 1.74 bits per heavy atom. The Morgan fingerprint density at radius 3 is 2.35 bits per heavy atom. The third-order valence-electron chi connectivity index (χ3n) is 2.97. The van der Waals surface area contributed by atoms with Crippen molar-refractivity contribution in [1.82, 2.24) is 0 Å². The summed E-state index contributed by atoms with van der Waals surface area (Å²) in [4.78, 5) is 12.1. The molecule has 0 aliphatic rings. The molecule has 2 N–H and O–H groups in total. The van der Waals surface area contributed by atoms with Gasteiger partial charge in [-0.05, 0) is 35.9 Å².